The number of hydrogen-bond donors (Lipinski definition) is 3. The average Bonchev–Trinajstić information content (AvgIpc) is 2.78. The van der Waals surface area contributed by atoms with Crippen LogP contribution in [0.5, 0.6) is 0 Å². The Morgan fingerprint density at radius 2 is 2.06 bits per heavy atom. The third kappa shape index (κ3) is 2.46. The predicted octanol–water partition coefficient (Wildman–Crippen LogP) is 1.08. The number of nitrogen functional groups attached to an aromatic ring is 1. The molecule has 0 saturated carbocycles. The fourth-order valence-corrected chi connectivity index (χ4v) is 2.09. The number of hydrogen-bond acceptors (Lipinski definition) is 5. The van der Waals surface area contributed by atoms with Crippen LogP contribution >= 0.6 is 11.3 Å². The van der Waals surface area contributed by atoms with Crippen LogP contribution in [-0.4, -0.2) is 16.8 Å². The molecule has 0 aliphatic carbocycles. The van der Waals surface area contributed by atoms with Crippen molar-refractivity contribution in [1.29, 1.82) is 0 Å². The Balaban J connectivity index is 2.19. The van der Waals surface area contributed by atoms with Crippen LogP contribution in [0.3, 0.4) is 0 Å². The van der Waals surface area contributed by atoms with E-state index >= 15 is 0 Å². The average molecular weight is 262 g/mol. The van der Waals surface area contributed by atoms with Crippen LogP contribution in [-0.2, 0) is 0 Å². The van der Waals surface area contributed by atoms with Crippen molar-refractivity contribution in [3.05, 3.63) is 41.0 Å². The molecule has 0 atom stereocenters. The molecular weight excluding hydrogens is 252 g/mol. The number of pyridine rings is 1. The van der Waals surface area contributed by atoms with Gasteiger partial charge < -0.3 is 16.8 Å². The van der Waals surface area contributed by atoms with Gasteiger partial charge in [0, 0.05) is 0 Å². The van der Waals surface area contributed by atoms with E-state index in [1.807, 2.05) is 0 Å². The molecule has 0 bridgehead atoms. The van der Waals surface area contributed by atoms with Gasteiger partial charge in [0.1, 0.15) is 10.7 Å². The normalized spacial score (nSPS) is 10.0. The number of aromatic nitrogens is 1. The summed E-state index contributed by atoms with van der Waals surface area (Å²) in [6, 6.07) is 4.63. The number of carbonyl (C=O) groups is 2. The lowest BCUT2D eigenvalue weighted by molar-refractivity contribution is 0.100. The van der Waals surface area contributed by atoms with Crippen molar-refractivity contribution in [2.24, 2.45) is 5.73 Å². The van der Waals surface area contributed by atoms with E-state index in [4.69, 9.17) is 11.5 Å². The molecule has 0 unspecified atom stereocenters. The fourth-order valence-electron chi connectivity index (χ4n) is 1.31. The molecule has 18 heavy (non-hydrogen) atoms. The molecule has 0 aliphatic rings. The lowest BCUT2D eigenvalue weighted by Crippen LogP contribution is -2.17. The van der Waals surface area contributed by atoms with Gasteiger partial charge in [0.25, 0.3) is 11.8 Å². The van der Waals surface area contributed by atoms with Gasteiger partial charge in [0.05, 0.1) is 17.4 Å². The zero-order valence-corrected chi connectivity index (χ0v) is 10.0. The number of carbonyl (C=O) groups excluding carboxylic acids is 2. The predicted molar refractivity (Wildman–Crippen MR) is 69.4 cm³/mol. The SMILES string of the molecule is NC(=O)c1ccsc1NC(=O)c1ccc(N)cn1. The number of nitrogens with one attached hydrogen (secondary N) is 1. The molecule has 0 aliphatic heterocycles. The number of nitrogens with zero attached hydrogens (tertiary/aromatic N) is 1. The van der Waals surface area contributed by atoms with Crippen molar-refractivity contribution in [2.45, 2.75) is 0 Å². The van der Waals surface area contributed by atoms with Gasteiger partial charge in [-0.3, -0.25) is 9.59 Å². The third-order valence-corrected chi connectivity index (χ3v) is 3.01. The van der Waals surface area contributed by atoms with Crippen molar-refractivity contribution in [3.8, 4) is 0 Å². The molecule has 2 aromatic rings. The summed E-state index contributed by atoms with van der Waals surface area (Å²) < 4.78 is 0. The van der Waals surface area contributed by atoms with Gasteiger partial charge >= 0.3 is 0 Å². The highest BCUT2D eigenvalue weighted by Crippen LogP contribution is 2.23. The van der Waals surface area contributed by atoms with Crippen LogP contribution in [0.4, 0.5) is 10.7 Å². The van der Waals surface area contributed by atoms with Gasteiger partial charge in [-0.05, 0) is 23.6 Å². The van der Waals surface area contributed by atoms with Crippen molar-refractivity contribution in [2.75, 3.05) is 11.1 Å². The molecule has 0 saturated heterocycles. The van der Waals surface area contributed by atoms with E-state index in [1.165, 1.54) is 23.6 Å². The van der Waals surface area contributed by atoms with E-state index in [1.54, 1.807) is 17.5 Å². The van der Waals surface area contributed by atoms with Gasteiger partial charge in [-0.25, -0.2) is 4.98 Å². The minimum absolute atomic E-state index is 0.216. The maximum Gasteiger partial charge on any atom is 0.274 e. The van der Waals surface area contributed by atoms with Gasteiger partial charge in [-0.2, -0.15) is 0 Å². The second-order valence-corrected chi connectivity index (χ2v) is 4.37. The van der Waals surface area contributed by atoms with Gasteiger partial charge in [0.15, 0.2) is 0 Å². The summed E-state index contributed by atoms with van der Waals surface area (Å²) in [4.78, 5) is 26.8. The van der Waals surface area contributed by atoms with Crippen LogP contribution in [0.2, 0.25) is 0 Å². The second kappa shape index (κ2) is 4.84. The highest BCUT2D eigenvalue weighted by molar-refractivity contribution is 7.14. The Morgan fingerprint density at radius 1 is 1.28 bits per heavy atom. The molecule has 5 N–H and O–H groups in total. The summed E-state index contributed by atoms with van der Waals surface area (Å²) >= 11 is 1.22. The molecular formula is C11H10N4O2S. The van der Waals surface area contributed by atoms with Crippen molar-refractivity contribution in [3.63, 3.8) is 0 Å². The summed E-state index contributed by atoms with van der Waals surface area (Å²) in [7, 11) is 0. The van der Waals surface area contributed by atoms with E-state index in [0.29, 0.717) is 10.7 Å². The molecule has 2 heterocycles. The highest BCUT2D eigenvalue weighted by Gasteiger charge is 2.14. The monoisotopic (exact) mass is 262 g/mol. The van der Waals surface area contributed by atoms with Crippen molar-refractivity contribution < 1.29 is 9.59 Å². The Morgan fingerprint density at radius 3 is 2.67 bits per heavy atom. The zero-order chi connectivity index (χ0) is 13.1. The molecule has 0 aromatic carbocycles. The number of thiophene rings is 1. The molecule has 2 rings (SSSR count). The first-order valence-corrected chi connectivity index (χ1v) is 5.86. The lowest BCUT2D eigenvalue weighted by atomic mass is 10.3. The second-order valence-electron chi connectivity index (χ2n) is 3.46. The minimum Gasteiger partial charge on any atom is -0.397 e. The Bertz CT molecular complexity index is 591. The van der Waals surface area contributed by atoms with Crippen LogP contribution in [0.1, 0.15) is 20.8 Å². The van der Waals surface area contributed by atoms with Gasteiger partial charge in [-0.1, -0.05) is 0 Å². The Labute approximate surface area is 107 Å². The number of nitrogens with two attached hydrogens (primary N) is 2. The quantitative estimate of drug-likeness (QED) is 0.768. The number of amides is 2. The first-order chi connectivity index (χ1) is 8.58. The number of primary amides is 1. The summed E-state index contributed by atoms with van der Waals surface area (Å²) in [5.41, 5.74) is 11.6. The molecule has 0 fully saturated rings. The van der Waals surface area contributed by atoms with Crippen LogP contribution in [0, 0.1) is 0 Å². The summed E-state index contributed by atoms with van der Waals surface area (Å²) in [5, 5.41) is 4.66. The first-order valence-electron chi connectivity index (χ1n) is 4.98. The van der Waals surface area contributed by atoms with Crippen molar-refractivity contribution >= 4 is 33.8 Å². The maximum atomic E-state index is 11.8. The van der Waals surface area contributed by atoms with E-state index in [2.05, 4.69) is 10.3 Å². The molecule has 7 heteroatoms. The molecule has 6 nitrogen and oxygen atoms in total. The number of rotatable bonds is 3. The molecule has 0 spiro atoms. The van der Waals surface area contributed by atoms with E-state index in [9.17, 15) is 9.59 Å². The third-order valence-electron chi connectivity index (χ3n) is 2.18. The topological polar surface area (TPSA) is 111 Å². The van der Waals surface area contributed by atoms with E-state index in [-0.39, 0.29) is 11.3 Å². The molecule has 92 valence electrons. The summed E-state index contributed by atoms with van der Waals surface area (Å²) in [5.74, 6) is -1.00. The van der Waals surface area contributed by atoms with Crippen LogP contribution < -0.4 is 16.8 Å². The zero-order valence-electron chi connectivity index (χ0n) is 9.21. The van der Waals surface area contributed by atoms with Crippen LogP contribution in [0.25, 0.3) is 0 Å². The molecule has 2 aromatic heterocycles. The first kappa shape index (κ1) is 12.1. The van der Waals surface area contributed by atoms with Gasteiger partial charge in [0.2, 0.25) is 0 Å². The van der Waals surface area contributed by atoms with E-state index < -0.39 is 11.8 Å². The summed E-state index contributed by atoms with van der Waals surface area (Å²) in [6.45, 7) is 0. The molecule has 2 amide bonds. The number of anilines is 2. The van der Waals surface area contributed by atoms with Gasteiger partial charge in [-0.15, -0.1) is 11.3 Å². The fraction of sp³-hybridized carbons (Fsp3) is 0. The van der Waals surface area contributed by atoms with Crippen molar-refractivity contribution in [1.82, 2.24) is 4.98 Å². The minimum atomic E-state index is -0.586. The lowest BCUT2D eigenvalue weighted by Gasteiger charge is -2.04. The van der Waals surface area contributed by atoms with Crippen LogP contribution in [0.15, 0.2) is 29.8 Å². The Hall–Kier alpha value is -2.41. The smallest absolute Gasteiger partial charge is 0.274 e. The summed E-state index contributed by atoms with van der Waals surface area (Å²) in [6.07, 6.45) is 1.39. The highest BCUT2D eigenvalue weighted by atomic mass is 32.1. The van der Waals surface area contributed by atoms with E-state index in [0.717, 1.165) is 0 Å². The largest absolute Gasteiger partial charge is 0.397 e. The standard InChI is InChI=1S/C11H10N4O2S/c12-6-1-2-8(14-5-6)10(17)15-11-7(9(13)16)3-4-18-11/h1-5H,12H2,(H2,13,16)(H,15,17). The molecule has 0 radical (unpaired) electrons. The maximum absolute atomic E-state index is 11.8. The Kier molecular flexibility index (Phi) is 3.24.